The third kappa shape index (κ3) is 3.26. The highest BCUT2D eigenvalue weighted by Gasteiger charge is 2.40. The van der Waals surface area contributed by atoms with Gasteiger partial charge in [-0.25, -0.2) is 10.0 Å². The molecule has 28 heavy (non-hydrogen) atoms. The Balaban J connectivity index is 1.70. The summed E-state index contributed by atoms with van der Waals surface area (Å²) >= 11 is 6.18. The SMILES string of the molecule is COc1ccc(Cl)cc1CN(C)N1C(=O)[C@@H](c2ccccc2)c2ccccc21. The number of benzene rings is 3. The maximum absolute atomic E-state index is 13.4. The first-order valence-electron chi connectivity index (χ1n) is 9.11. The summed E-state index contributed by atoms with van der Waals surface area (Å²) in [6, 6.07) is 23.4. The van der Waals surface area contributed by atoms with Crippen LogP contribution >= 0.6 is 11.6 Å². The molecule has 0 bridgehead atoms. The zero-order valence-corrected chi connectivity index (χ0v) is 16.6. The molecule has 1 atom stereocenters. The Kier molecular flexibility index (Phi) is 5.07. The van der Waals surface area contributed by atoms with Gasteiger partial charge < -0.3 is 4.74 Å². The fourth-order valence-electron chi connectivity index (χ4n) is 3.81. The lowest BCUT2D eigenvalue weighted by molar-refractivity contribution is -0.121. The van der Waals surface area contributed by atoms with E-state index in [1.807, 2.05) is 78.8 Å². The molecule has 0 fully saturated rings. The summed E-state index contributed by atoms with van der Waals surface area (Å²) in [7, 11) is 3.54. The smallest absolute Gasteiger partial charge is 0.253 e. The molecule has 1 heterocycles. The van der Waals surface area contributed by atoms with Crippen LogP contribution in [-0.4, -0.2) is 25.1 Å². The monoisotopic (exact) mass is 392 g/mol. The van der Waals surface area contributed by atoms with Crippen molar-refractivity contribution in [3.05, 3.63) is 94.5 Å². The first kappa shape index (κ1) is 18.5. The lowest BCUT2D eigenvalue weighted by atomic mass is 9.93. The number of fused-ring (bicyclic) bond motifs is 1. The Labute approximate surface area is 169 Å². The molecule has 3 aromatic carbocycles. The first-order chi connectivity index (χ1) is 13.6. The van der Waals surface area contributed by atoms with Gasteiger partial charge in [-0.3, -0.25) is 4.79 Å². The van der Waals surface area contributed by atoms with Crippen LogP contribution in [0.3, 0.4) is 0 Å². The minimum absolute atomic E-state index is 0.0379. The predicted octanol–water partition coefficient (Wildman–Crippen LogP) is 4.87. The van der Waals surface area contributed by atoms with E-state index in [0.717, 1.165) is 28.1 Å². The van der Waals surface area contributed by atoms with E-state index in [-0.39, 0.29) is 11.8 Å². The van der Waals surface area contributed by atoms with Crippen molar-refractivity contribution in [1.29, 1.82) is 0 Å². The molecule has 0 saturated heterocycles. The van der Waals surface area contributed by atoms with Gasteiger partial charge in [-0.1, -0.05) is 60.1 Å². The van der Waals surface area contributed by atoms with Crippen molar-refractivity contribution in [3.8, 4) is 5.75 Å². The van der Waals surface area contributed by atoms with Gasteiger partial charge >= 0.3 is 0 Å². The molecule has 5 heteroatoms. The lowest BCUT2D eigenvalue weighted by Gasteiger charge is -2.29. The summed E-state index contributed by atoms with van der Waals surface area (Å²) in [5, 5.41) is 4.31. The van der Waals surface area contributed by atoms with E-state index in [1.54, 1.807) is 18.2 Å². The number of anilines is 1. The quantitative estimate of drug-likeness (QED) is 0.620. The van der Waals surface area contributed by atoms with E-state index >= 15 is 0 Å². The molecule has 3 aromatic rings. The summed E-state index contributed by atoms with van der Waals surface area (Å²) < 4.78 is 5.46. The Morgan fingerprint density at radius 2 is 1.75 bits per heavy atom. The fraction of sp³-hybridized carbons (Fsp3) is 0.174. The summed E-state index contributed by atoms with van der Waals surface area (Å²) in [6.45, 7) is 0.491. The van der Waals surface area contributed by atoms with E-state index in [0.29, 0.717) is 11.6 Å². The van der Waals surface area contributed by atoms with Crippen molar-refractivity contribution in [3.63, 3.8) is 0 Å². The van der Waals surface area contributed by atoms with Crippen LogP contribution in [0.1, 0.15) is 22.6 Å². The number of nitrogens with zero attached hydrogens (tertiary/aromatic N) is 2. The molecule has 4 rings (SSSR count). The Morgan fingerprint density at radius 1 is 1.04 bits per heavy atom. The first-order valence-corrected chi connectivity index (χ1v) is 9.49. The standard InChI is InChI=1S/C23H21ClN2O2/c1-25(15-17-14-18(24)12-13-21(17)28-2)26-20-11-7-6-10-19(20)22(23(26)27)16-8-4-3-5-9-16/h3-14,22H,15H2,1-2H3/t22-/m0/s1. The number of rotatable bonds is 5. The number of hydrazine groups is 1. The van der Waals surface area contributed by atoms with Gasteiger partial charge in [0, 0.05) is 24.2 Å². The van der Waals surface area contributed by atoms with E-state index in [9.17, 15) is 4.79 Å². The summed E-state index contributed by atoms with van der Waals surface area (Å²) in [5.41, 5.74) is 3.84. The Hall–Kier alpha value is -2.82. The molecule has 0 N–H and O–H groups in total. The zero-order chi connectivity index (χ0) is 19.7. The summed E-state index contributed by atoms with van der Waals surface area (Å²) in [5.74, 6) is 0.479. The normalized spacial score (nSPS) is 15.8. The minimum atomic E-state index is -0.305. The van der Waals surface area contributed by atoms with Crippen molar-refractivity contribution in [2.45, 2.75) is 12.5 Å². The molecule has 0 radical (unpaired) electrons. The van der Waals surface area contributed by atoms with Gasteiger partial charge in [0.2, 0.25) is 0 Å². The highest BCUT2D eigenvalue weighted by atomic mass is 35.5. The largest absolute Gasteiger partial charge is 0.496 e. The average Bonchev–Trinajstić information content (AvgIpc) is 3.00. The maximum atomic E-state index is 13.4. The molecule has 0 unspecified atom stereocenters. The maximum Gasteiger partial charge on any atom is 0.253 e. The molecule has 1 aliphatic rings. The van der Waals surface area contributed by atoms with Gasteiger partial charge in [0.1, 0.15) is 5.75 Å². The van der Waals surface area contributed by atoms with Gasteiger partial charge in [-0.2, -0.15) is 0 Å². The number of amides is 1. The Morgan fingerprint density at radius 3 is 2.50 bits per heavy atom. The number of ether oxygens (including phenoxy) is 1. The van der Waals surface area contributed by atoms with Crippen molar-refractivity contribution in [1.82, 2.24) is 5.01 Å². The third-order valence-electron chi connectivity index (χ3n) is 5.05. The van der Waals surface area contributed by atoms with E-state index in [1.165, 1.54) is 0 Å². The Bertz CT molecular complexity index is 1010. The van der Waals surface area contributed by atoms with Crippen molar-refractivity contribution in [2.75, 3.05) is 19.2 Å². The zero-order valence-electron chi connectivity index (χ0n) is 15.8. The van der Waals surface area contributed by atoms with Crippen LogP contribution in [0.5, 0.6) is 5.75 Å². The molecule has 4 nitrogen and oxygen atoms in total. The van der Waals surface area contributed by atoms with E-state index in [2.05, 4.69) is 0 Å². The van der Waals surface area contributed by atoms with Crippen molar-refractivity contribution < 1.29 is 9.53 Å². The van der Waals surface area contributed by atoms with Gasteiger partial charge in [0.25, 0.3) is 5.91 Å². The van der Waals surface area contributed by atoms with Crippen LogP contribution in [0.25, 0.3) is 0 Å². The number of carbonyl (C=O) groups is 1. The molecule has 1 aliphatic heterocycles. The van der Waals surface area contributed by atoms with Crippen molar-refractivity contribution in [2.24, 2.45) is 0 Å². The molecular weight excluding hydrogens is 372 g/mol. The second kappa shape index (κ2) is 7.66. The van der Waals surface area contributed by atoms with E-state index < -0.39 is 0 Å². The number of methoxy groups -OCH3 is 1. The molecular formula is C23H21ClN2O2. The molecule has 0 aliphatic carbocycles. The summed E-state index contributed by atoms with van der Waals surface area (Å²) in [6.07, 6.45) is 0. The summed E-state index contributed by atoms with van der Waals surface area (Å²) in [4.78, 5) is 13.4. The predicted molar refractivity (Wildman–Crippen MR) is 112 cm³/mol. The molecule has 142 valence electrons. The van der Waals surface area contributed by atoms with Gasteiger partial charge in [0.15, 0.2) is 0 Å². The number of carbonyl (C=O) groups excluding carboxylic acids is 1. The number of hydrogen-bond donors (Lipinski definition) is 0. The van der Waals surface area contributed by atoms with Crippen LogP contribution in [0.2, 0.25) is 5.02 Å². The molecule has 0 saturated carbocycles. The molecule has 0 aromatic heterocycles. The van der Waals surface area contributed by atoms with E-state index in [4.69, 9.17) is 16.3 Å². The van der Waals surface area contributed by atoms with Crippen LogP contribution in [0.15, 0.2) is 72.8 Å². The molecule has 1 amide bonds. The third-order valence-corrected chi connectivity index (χ3v) is 5.28. The fourth-order valence-corrected chi connectivity index (χ4v) is 4.00. The van der Waals surface area contributed by atoms with Crippen LogP contribution in [0, 0.1) is 0 Å². The number of halogens is 1. The van der Waals surface area contributed by atoms with Crippen LogP contribution in [-0.2, 0) is 11.3 Å². The molecule has 0 spiro atoms. The number of hydrogen-bond acceptors (Lipinski definition) is 3. The lowest BCUT2D eigenvalue weighted by Crippen LogP contribution is -2.42. The topological polar surface area (TPSA) is 32.8 Å². The average molecular weight is 393 g/mol. The van der Waals surface area contributed by atoms with Crippen molar-refractivity contribution >= 4 is 23.2 Å². The van der Waals surface area contributed by atoms with Gasteiger partial charge in [-0.15, -0.1) is 0 Å². The van der Waals surface area contributed by atoms with Gasteiger partial charge in [-0.05, 0) is 35.4 Å². The van der Waals surface area contributed by atoms with Gasteiger partial charge in [0.05, 0.1) is 18.7 Å². The van der Waals surface area contributed by atoms with Crippen LogP contribution < -0.4 is 9.75 Å². The van der Waals surface area contributed by atoms with Crippen LogP contribution in [0.4, 0.5) is 5.69 Å². The number of para-hydroxylation sites is 1. The second-order valence-electron chi connectivity index (χ2n) is 6.82. The highest BCUT2D eigenvalue weighted by Crippen LogP contribution is 2.42. The second-order valence-corrected chi connectivity index (χ2v) is 7.26. The minimum Gasteiger partial charge on any atom is -0.496 e. The highest BCUT2D eigenvalue weighted by molar-refractivity contribution is 6.30.